The average Bonchev–Trinajstić information content (AvgIpc) is 2.29. The first kappa shape index (κ1) is 9.48. The van der Waals surface area contributed by atoms with Crippen molar-refractivity contribution in [2.24, 2.45) is 0 Å². The Morgan fingerprint density at radius 3 is 2.73 bits per heavy atom. The van der Waals surface area contributed by atoms with E-state index in [0.29, 0.717) is 0 Å². The number of hydrogen-bond donors (Lipinski definition) is 0. The molecule has 72 valence electrons. The van der Waals surface area contributed by atoms with Gasteiger partial charge in [-0.05, 0) is 36.2 Å². The third-order valence-electron chi connectivity index (χ3n) is 2.24. The third-order valence-corrected chi connectivity index (χ3v) is 2.24. The summed E-state index contributed by atoms with van der Waals surface area (Å²) in [6.07, 6.45) is 9.05. The molecule has 0 radical (unpaired) electrons. The highest BCUT2D eigenvalue weighted by Gasteiger charge is 1.98. The van der Waals surface area contributed by atoms with Gasteiger partial charge in [0, 0.05) is 23.5 Å². The first-order valence-corrected chi connectivity index (χ1v) is 4.78. The van der Waals surface area contributed by atoms with Gasteiger partial charge in [0.2, 0.25) is 0 Å². The Hall–Kier alpha value is -2.07. The molecule has 0 aliphatic rings. The summed E-state index contributed by atoms with van der Waals surface area (Å²) in [5, 5.41) is 0. The summed E-state index contributed by atoms with van der Waals surface area (Å²) in [6, 6.07) is 10.0. The van der Waals surface area contributed by atoms with E-state index in [1.165, 1.54) is 0 Å². The van der Waals surface area contributed by atoms with Gasteiger partial charge in [-0.15, -0.1) is 6.42 Å². The molecule has 0 atom stereocenters. The van der Waals surface area contributed by atoms with E-state index in [1.54, 1.807) is 0 Å². The molecule has 0 spiro atoms. The van der Waals surface area contributed by atoms with Crippen LogP contribution in [0.4, 0.5) is 0 Å². The highest BCUT2D eigenvalue weighted by molar-refractivity contribution is 5.64. The zero-order valence-electron chi connectivity index (χ0n) is 8.57. The lowest BCUT2D eigenvalue weighted by molar-refractivity contribution is 1.27. The molecule has 15 heavy (non-hydrogen) atoms. The Morgan fingerprint density at radius 2 is 2.00 bits per heavy atom. The number of rotatable bonds is 1. The maximum absolute atomic E-state index is 5.36. The molecule has 2 rings (SSSR count). The summed E-state index contributed by atoms with van der Waals surface area (Å²) in [6.45, 7) is 2.03. The summed E-state index contributed by atoms with van der Waals surface area (Å²) in [7, 11) is 0. The number of aryl methyl sites for hydroxylation is 1. The van der Waals surface area contributed by atoms with E-state index < -0.39 is 0 Å². The van der Waals surface area contributed by atoms with Gasteiger partial charge in [-0.1, -0.05) is 18.1 Å². The van der Waals surface area contributed by atoms with Crippen LogP contribution in [0.3, 0.4) is 0 Å². The van der Waals surface area contributed by atoms with Gasteiger partial charge in [0.05, 0.1) is 0 Å². The van der Waals surface area contributed by atoms with E-state index in [2.05, 4.69) is 17.0 Å². The predicted molar refractivity (Wildman–Crippen MR) is 62.3 cm³/mol. The summed E-state index contributed by atoms with van der Waals surface area (Å²) in [5.74, 6) is 2.63. The van der Waals surface area contributed by atoms with Crippen molar-refractivity contribution in [3.63, 3.8) is 0 Å². The fourth-order valence-corrected chi connectivity index (χ4v) is 1.50. The zero-order chi connectivity index (χ0) is 10.7. The summed E-state index contributed by atoms with van der Waals surface area (Å²) >= 11 is 0. The molecule has 0 N–H and O–H groups in total. The van der Waals surface area contributed by atoms with Crippen LogP contribution >= 0.6 is 0 Å². The van der Waals surface area contributed by atoms with Crippen LogP contribution < -0.4 is 0 Å². The van der Waals surface area contributed by atoms with E-state index in [4.69, 9.17) is 6.42 Å². The molecule has 0 aliphatic carbocycles. The van der Waals surface area contributed by atoms with Gasteiger partial charge in [0.1, 0.15) is 0 Å². The third kappa shape index (κ3) is 2.05. The second-order valence-electron chi connectivity index (χ2n) is 3.48. The van der Waals surface area contributed by atoms with Crippen molar-refractivity contribution >= 4 is 0 Å². The van der Waals surface area contributed by atoms with Crippen molar-refractivity contribution in [2.45, 2.75) is 6.92 Å². The van der Waals surface area contributed by atoms with Crippen molar-refractivity contribution in [1.82, 2.24) is 4.98 Å². The van der Waals surface area contributed by atoms with Crippen molar-refractivity contribution in [1.29, 1.82) is 0 Å². The Morgan fingerprint density at radius 1 is 1.13 bits per heavy atom. The molecule has 1 aromatic carbocycles. The second-order valence-corrected chi connectivity index (χ2v) is 3.48. The zero-order valence-corrected chi connectivity index (χ0v) is 8.57. The van der Waals surface area contributed by atoms with Crippen LogP contribution in [0.5, 0.6) is 0 Å². The highest BCUT2D eigenvalue weighted by atomic mass is 14.6. The van der Waals surface area contributed by atoms with Crippen LogP contribution in [0.15, 0.2) is 42.7 Å². The van der Waals surface area contributed by atoms with Gasteiger partial charge in [-0.2, -0.15) is 0 Å². The van der Waals surface area contributed by atoms with Crippen LogP contribution in [0, 0.1) is 19.3 Å². The molecule has 1 aromatic heterocycles. The smallest absolute Gasteiger partial charge is 0.0346 e. The lowest BCUT2D eigenvalue weighted by atomic mass is 10.0. The fraction of sp³-hybridized carbons (Fsp3) is 0.0714. The summed E-state index contributed by atoms with van der Waals surface area (Å²) < 4.78 is 0. The Bertz CT molecular complexity index is 521. The molecule has 0 unspecified atom stereocenters. The Labute approximate surface area is 89.8 Å². The van der Waals surface area contributed by atoms with Crippen molar-refractivity contribution in [2.75, 3.05) is 0 Å². The maximum Gasteiger partial charge on any atom is 0.0346 e. The molecular formula is C14H11N. The van der Waals surface area contributed by atoms with Crippen molar-refractivity contribution in [3.05, 3.63) is 53.9 Å². The number of aromatic nitrogens is 1. The van der Waals surface area contributed by atoms with Crippen LogP contribution in [0.1, 0.15) is 11.1 Å². The minimum absolute atomic E-state index is 0.897. The molecule has 0 amide bonds. The standard InChI is InChI=1S/C14H11N/c1-3-12-5-4-6-13(8-12)14-7-11(2)9-15-10-14/h1,4-10H,2H3. The fourth-order valence-electron chi connectivity index (χ4n) is 1.50. The van der Waals surface area contributed by atoms with E-state index in [1.807, 2.05) is 43.6 Å². The van der Waals surface area contributed by atoms with Crippen LogP contribution in [0.25, 0.3) is 11.1 Å². The molecule has 0 bridgehead atoms. The first-order chi connectivity index (χ1) is 7.29. The number of pyridine rings is 1. The SMILES string of the molecule is C#Cc1cccc(-c2cncc(C)c2)c1. The minimum Gasteiger partial charge on any atom is -0.264 e. The predicted octanol–water partition coefficient (Wildman–Crippen LogP) is 3.04. The molecule has 0 saturated heterocycles. The molecule has 0 fully saturated rings. The van der Waals surface area contributed by atoms with Gasteiger partial charge >= 0.3 is 0 Å². The molecular weight excluding hydrogens is 182 g/mol. The largest absolute Gasteiger partial charge is 0.264 e. The van der Waals surface area contributed by atoms with Gasteiger partial charge < -0.3 is 0 Å². The van der Waals surface area contributed by atoms with Gasteiger partial charge in [0.15, 0.2) is 0 Å². The Kier molecular flexibility index (Phi) is 2.51. The Balaban J connectivity index is 2.50. The lowest BCUT2D eigenvalue weighted by Crippen LogP contribution is -1.83. The average molecular weight is 193 g/mol. The van der Waals surface area contributed by atoms with Crippen LogP contribution in [-0.4, -0.2) is 4.98 Å². The molecule has 1 heterocycles. The van der Waals surface area contributed by atoms with E-state index in [-0.39, 0.29) is 0 Å². The molecule has 0 aliphatic heterocycles. The van der Waals surface area contributed by atoms with Crippen molar-refractivity contribution in [3.8, 4) is 23.5 Å². The molecule has 0 saturated carbocycles. The van der Waals surface area contributed by atoms with Gasteiger partial charge in [0.25, 0.3) is 0 Å². The van der Waals surface area contributed by atoms with Crippen LogP contribution in [0.2, 0.25) is 0 Å². The molecule has 1 heteroatoms. The normalized spacial score (nSPS) is 9.60. The van der Waals surface area contributed by atoms with Crippen molar-refractivity contribution < 1.29 is 0 Å². The minimum atomic E-state index is 0.897. The van der Waals surface area contributed by atoms with Crippen LogP contribution in [-0.2, 0) is 0 Å². The van der Waals surface area contributed by atoms with E-state index in [9.17, 15) is 0 Å². The number of nitrogens with zero attached hydrogens (tertiary/aromatic N) is 1. The summed E-state index contributed by atoms with van der Waals surface area (Å²) in [4.78, 5) is 4.16. The van der Waals surface area contributed by atoms with E-state index in [0.717, 1.165) is 22.3 Å². The van der Waals surface area contributed by atoms with E-state index >= 15 is 0 Å². The number of terminal acetylenes is 1. The van der Waals surface area contributed by atoms with Gasteiger partial charge in [-0.25, -0.2) is 0 Å². The second kappa shape index (κ2) is 3.98. The summed E-state index contributed by atoms with van der Waals surface area (Å²) in [5.41, 5.74) is 4.27. The number of benzene rings is 1. The monoisotopic (exact) mass is 193 g/mol. The molecule has 1 nitrogen and oxygen atoms in total. The topological polar surface area (TPSA) is 12.9 Å². The molecule has 2 aromatic rings. The van der Waals surface area contributed by atoms with Gasteiger partial charge in [-0.3, -0.25) is 4.98 Å². The maximum atomic E-state index is 5.36. The highest BCUT2D eigenvalue weighted by Crippen LogP contribution is 2.19. The first-order valence-electron chi connectivity index (χ1n) is 4.78. The quantitative estimate of drug-likeness (QED) is 0.634. The lowest BCUT2D eigenvalue weighted by Gasteiger charge is -2.02. The number of hydrogen-bond acceptors (Lipinski definition) is 1.